The van der Waals surface area contributed by atoms with Crippen LogP contribution in [0.2, 0.25) is 0 Å². The van der Waals surface area contributed by atoms with Crippen molar-refractivity contribution in [3.63, 3.8) is 0 Å². The number of benzene rings is 3. The Balaban J connectivity index is 1.32. The summed E-state index contributed by atoms with van der Waals surface area (Å²) in [7, 11) is 0. The lowest BCUT2D eigenvalue weighted by atomic mass is 10.0. The number of alkyl carbamates (subject to hydrolysis) is 1. The zero-order valence-electron chi connectivity index (χ0n) is 20.6. The number of aliphatic carboxylic acids is 1. The van der Waals surface area contributed by atoms with Crippen LogP contribution in [0.1, 0.15) is 24.0 Å². The van der Waals surface area contributed by atoms with Crippen molar-refractivity contribution in [2.24, 2.45) is 0 Å². The molecule has 0 saturated carbocycles. The van der Waals surface area contributed by atoms with Crippen molar-refractivity contribution in [3.8, 4) is 11.1 Å². The van der Waals surface area contributed by atoms with Gasteiger partial charge in [0.1, 0.15) is 12.6 Å². The van der Waals surface area contributed by atoms with E-state index in [4.69, 9.17) is 4.74 Å². The van der Waals surface area contributed by atoms with E-state index in [9.17, 15) is 19.5 Å². The molecule has 1 saturated heterocycles. The summed E-state index contributed by atoms with van der Waals surface area (Å²) >= 11 is 0. The Morgan fingerprint density at radius 1 is 0.865 bits per heavy atom. The zero-order valence-corrected chi connectivity index (χ0v) is 20.6. The lowest BCUT2D eigenvalue weighted by molar-refractivity contribution is -0.139. The highest BCUT2D eigenvalue weighted by Gasteiger charge is 2.21. The molecule has 1 heterocycles. The number of rotatable bonds is 10. The number of ether oxygens (including phenoxy) is 1. The first-order valence-electron chi connectivity index (χ1n) is 12.4. The maximum atomic E-state index is 12.4. The molecule has 8 nitrogen and oxygen atoms in total. The second-order valence-corrected chi connectivity index (χ2v) is 9.11. The smallest absolute Gasteiger partial charge is 0.408 e. The third-order valence-electron chi connectivity index (χ3n) is 6.24. The summed E-state index contributed by atoms with van der Waals surface area (Å²) in [6, 6.07) is 23.1. The number of anilines is 1. The second kappa shape index (κ2) is 12.7. The van der Waals surface area contributed by atoms with Crippen LogP contribution in [0.4, 0.5) is 10.5 Å². The van der Waals surface area contributed by atoms with E-state index >= 15 is 0 Å². The molecule has 4 rings (SSSR count). The fourth-order valence-corrected chi connectivity index (χ4v) is 4.30. The molecule has 2 amide bonds. The number of carboxylic acid groups (broad SMARTS) is 1. The Morgan fingerprint density at radius 3 is 2.30 bits per heavy atom. The molecule has 3 aromatic carbocycles. The van der Waals surface area contributed by atoms with Gasteiger partial charge in [-0.2, -0.15) is 0 Å². The van der Waals surface area contributed by atoms with Crippen LogP contribution in [-0.4, -0.2) is 53.7 Å². The molecule has 3 aromatic rings. The SMILES string of the molecule is O=C(CN1CCCC1)Nc1cccc(-c2ccc(C[C@H](NC(=O)OCc3ccccc3)C(=O)O)cc2)c1. The number of carbonyl (C=O) groups is 3. The van der Waals surface area contributed by atoms with Crippen LogP contribution in [-0.2, 0) is 27.4 Å². The van der Waals surface area contributed by atoms with E-state index in [1.165, 1.54) is 0 Å². The molecule has 1 aliphatic rings. The largest absolute Gasteiger partial charge is 0.480 e. The highest BCUT2D eigenvalue weighted by molar-refractivity contribution is 5.93. The Hall–Kier alpha value is -4.17. The predicted octanol–water partition coefficient (Wildman–Crippen LogP) is 4.31. The normalized spacial score (nSPS) is 14.1. The molecule has 8 heteroatoms. The van der Waals surface area contributed by atoms with Crippen LogP contribution in [0.15, 0.2) is 78.9 Å². The molecule has 0 unspecified atom stereocenters. The standard InChI is InChI=1S/C29H31N3O5/c33-27(19-32-15-4-5-16-32)30-25-10-6-9-24(18-25)23-13-11-21(12-14-23)17-26(28(34)35)31-29(36)37-20-22-7-2-1-3-8-22/h1-3,6-14,18,26H,4-5,15-17,19-20H2,(H,30,33)(H,31,36)(H,34,35)/t26-/m0/s1. The Kier molecular flexibility index (Phi) is 8.89. The molecule has 1 aliphatic heterocycles. The minimum absolute atomic E-state index is 0.0242. The van der Waals surface area contributed by atoms with Crippen molar-refractivity contribution in [3.05, 3.63) is 90.0 Å². The number of hydrogen-bond donors (Lipinski definition) is 3. The van der Waals surface area contributed by atoms with Crippen molar-refractivity contribution in [2.45, 2.75) is 31.9 Å². The maximum absolute atomic E-state index is 12.4. The molecule has 0 bridgehead atoms. The van der Waals surface area contributed by atoms with Crippen LogP contribution in [0.25, 0.3) is 11.1 Å². The van der Waals surface area contributed by atoms with Crippen LogP contribution in [0.5, 0.6) is 0 Å². The molecule has 1 fully saturated rings. The number of hydrogen-bond acceptors (Lipinski definition) is 5. The van der Waals surface area contributed by atoms with Gasteiger partial charge in [-0.3, -0.25) is 9.69 Å². The summed E-state index contributed by atoms with van der Waals surface area (Å²) in [5.41, 5.74) is 4.17. The van der Waals surface area contributed by atoms with Gasteiger partial charge in [0.15, 0.2) is 0 Å². The molecular formula is C29H31N3O5. The molecular weight excluding hydrogens is 470 g/mol. The van der Waals surface area contributed by atoms with E-state index < -0.39 is 18.1 Å². The van der Waals surface area contributed by atoms with Gasteiger partial charge in [0, 0.05) is 12.1 Å². The third-order valence-corrected chi connectivity index (χ3v) is 6.24. The predicted molar refractivity (Wildman–Crippen MR) is 141 cm³/mol. The molecule has 37 heavy (non-hydrogen) atoms. The van der Waals surface area contributed by atoms with Gasteiger partial charge in [0.25, 0.3) is 0 Å². The van der Waals surface area contributed by atoms with E-state index in [1.54, 1.807) is 0 Å². The van der Waals surface area contributed by atoms with Crippen molar-refractivity contribution < 1.29 is 24.2 Å². The second-order valence-electron chi connectivity index (χ2n) is 9.11. The fourth-order valence-electron chi connectivity index (χ4n) is 4.30. The molecule has 3 N–H and O–H groups in total. The Bertz CT molecular complexity index is 1210. The van der Waals surface area contributed by atoms with Gasteiger partial charge in [-0.15, -0.1) is 0 Å². The van der Waals surface area contributed by atoms with Gasteiger partial charge in [0.05, 0.1) is 6.54 Å². The summed E-state index contributed by atoms with van der Waals surface area (Å²) in [4.78, 5) is 38.4. The van der Waals surface area contributed by atoms with E-state index in [2.05, 4.69) is 15.5 Å². The average molecular weight is 502 g/mol. The number of amides is 2. The lowest BCUT2D eigenvalue weighted by Crippen LogP contribution is -2.42. The minimum Gasteiger partial charge on any atom is -0.480 e. The first kappa shape index (κ1) is 25.9. The number of nitrogens with zero attached hydrogens (tertiary/aromatic N) is 1. The maximum Gasteiger partial charge on any atom is 0.408 e. The van der Waals surface area contributed by atoms with Gasteiger partial charge in [-0.05, 0) is 60.3 Å². The summed E-state index contributed by atoms with van der Waals surface area (Å²) in [6.07, 6.45) is 1.61. The number of carbonyl (C=O) groups excluding carboxylic acids is 2. The molecule has 192 valence electrons. The van der Waals surface area contributed by atoms with E-state index in [-0.39, 0.29) is 18.9 Å². The Morgan fingerprint density at radius 2 is 1.59 bits per heavy atom. The topological polar surface area (TPSA) is 108 Å². The zero-order chi connectivity index (χ0) is 26.0. The van der Waals surface area contributed by atoms with Crippen molar-refractivity contribution in [1.82, 2.24) is 10.2 Å². The summed E-state index contributed by atoms with van der Waals surface area (Å²) < 4.78 is 5.15. The van der Waals surface area contributed by atoms with Crippen molar-refractivity contribution in [2.75, 3.05) is 25.0 Å². The summed E-state index contributed by atoms with van der Waals surface area (Å²) in [6.45, 7) is 2.39. The van der Waals surface area contributed by atoms with E-state index in [1.807, 2.05) is 78.9 Å². The highest BCUT2D eigenvalue weighted by atomic mass is 16.5. The monoisotopic (exact) mass is 501 g/mol. The summed E-state index contributed by atoms with van der Waals surface area (Å²) in [5.74, 6) is -1.16. The number of carboxylic acids is 1. The van der Waals surface area contributed by atoms with E-state index in [0.29, 0.717) is 6.54 Å². The third kappa shape index (κ3) is 7.91. The van der Waals surface area contributed by atoms with Crippen LogP contribution in [0, 0.1) is 0 Å². The quantitative estimate of drug-likeness (QED) is 0.382. The highest BCUT2D eigenvalue weighted by Crippen LogP contribution is 2.23. The minimum atomic E-state index is -1.14. The van der Waals surface area contributed by atoms with Crippen LogP contribution < -0.4 is 10.6 Å². The van der Waals surface area contributed by atoms with Gasteiger partial charge in [-0.1, -0.05) is 66.7 Å². The lowest BCUT2D eigenvalue weighted by Gasteiger charge is -2.15. The van der Waals surface area contributed by atoms with E-state index in [0.717, 1.165) is 53.9 Å². The average Bonchev–Trinajstić information content (AvgIpc) is 3.41. The van der Waals surface area contributed by atoms with Gasteiger partial charge in [0.2, 0.25) is 5.91 Å². The van der Waals surface area contributed by atoms with Crippen molar-refractivity contribution >= 4 is 23.7 Å². The van der Waals surface area contributed by atoms with Crippen LogP contribution in [0.3, 0.4) is 0 Å². The fraction of sp³-hybridized carbons (Fsp3) is 0.276. The molecule has 0 radical (unpaired) electrons. The Labute approximate surface area is 216 Å². The van der Waals surface area contributed by atoms with Gasteiger partial charge in [-0.25, -0.2) is 9.59 Å². The molecule has 0 spiro atoms. The molecule has 0 aromatic heterocycles. The molecule has 1 atom stereocenters. The summed E-state index contributed by atoms with van der Waals surface area (Å²) in [5, 5.41) is 15.0. The van der Waals surface area contributed by atoms with Crippen LogP contribution >= 0.6 is 0 Å². The first-order valence-corrected chi connectivity index (χ1v) is 12.4. The first-order chi connectivity index (χ1) is 18.0. The molecule has 0 aliphatic carbocycles. The number of likely N-dealkylation sites (tertiary alicyclic amines) is 1. The van der Waals surface area contributed by atoms with Gasteiger partial charge < -0.3 is 20.5 Å². The van der Waals surface area contributed by atoms with Gasteiger partial charge >= 0.3 is 12.1 Å². The van der Waals surface area contributed by atoms with Crippen molar-refractivity contribution in [1.29, 1.82) is 0 Å². The number of nitrogens with one attached hydrogen (secondary N) is 2.